The summed E-state index contributed by atoms with van der Waals surface area (Å²) in [7, 11) is 2.78. The van der Waals surface area contributed by atoms with E-state index in [-0.39, 0.29) is 12.2 Å². The fourth-order valence-electron chi connectivity index (χ4n) is 2.75. The lowest BCUT2D eigenvalue weighted by molar-refractivity contribution is 0.150. The molecule has 2 heterocycles. The lowest BCUT2D eigenvalue weighted by atomic mass is 10.1. The highest BCUT2D eigenvalue weighted by molar-refractivity contribution is 7.19. The minimum atomic E-state index is -0.233. The first-order valence-corrected chi connectivity index (χ1v) is 7.30. The van der Waals surface area contributed by atoms with Crippen molar-refractivity contribution in [3.63, 3.8) is 0 Å². The molecule has 19 heavy (non-hydrogen) atoms. The Kier molecular flexibility index (Phi) is 3.36. The number of anilines is 2. The number of fused-ring (bicyclic) bond motifs is 1. The van der Waals surface area contributed by atoms with Crippen LogP contribution in [0.3, 0.4) is 0 Å². The number of cyclic esters (lactones) is 1. The van der Waals surface area contributed by atoms with Gasteiger partial charge < -0.3 is 9.41 Å². The van der Waals surface area contributed by atoms with Crippen molar-refractivity contribution in [3.8, 4) is 0 Å². The highest BCUT2D eigenvalue weighted by Gasteiger charge is 2.29. The van der Waals surface area contributed by atoms with E-state index in [4.69, 9.17) is 4.74 Å². The van der Waals surface area contributed by atoms with Crippen molar-refractivity contribution < 1.29 is 9.53 Å². The van der Waals surface area contributed by atoms with Gasteiger partial charge >= 0.3 is 6.09 Å². The third-order valence-corrected chi connectivity index (χ3v) is 4.28. The number of carbonyl (C=O) groups excluding carboxylic acids is 1. The van der Waals surface area contributed by atoms with Crippen LogP contribution in [0, 0.1) is 0 Å². The Balaban J connectivity index is 1.93. The molecule has 3 rings (SSSR count). The van der Waals surface area contributed by atoms with Crippen molar-refractivity contribution in [1.82, 2.24) is 0 Å². The van der Waals surface area contributed by atoms with Gasteiger partial charge in [-0.15, -0.1) is 0 Å². The van der Waals surface area contributed by atoms with Crippen LogP contribution in [0.1, 0.15) is 25.3 Å². The average molecular weight is 278 g/mol. The number of aryl methyl sites for hydroxylation is 1. The van der Waals surface area contributed by atoms with E-state index in [9.17, 15) is 4.79 Å². The molecule has 1 aromatic rings. The van der Waals surface area contributed by atoms with E-state index in [1.165, 1.54) is 24.1 Å². The second-order valence-electron chi connectivity index (χ2n) is 5.27. The summed E-state index contributed by atoms with van der Waals surface area (Å²) in [5.74, 6) is 0. The summed E-state index contributed by atoms with van der Waals surface area (Å²) < 4.78 is 7.41. The lowest BCUT2D eigenvalue weighted by Gasteiger charge is -2.21. The van der Waals surface area contributed by atoms with Crippen molar-refractivity contribution >= 4 is 26.9 Å². The van der Waals surface area contributed by atoms with Gasteiger partial charge in [-0.2, -0.15) is 0 Å². The Morgan fingerprint density at radius 3 is 2.95 bits per heavy atom. The van der Waals surface area contributed by atoms with Gasteiger partial charge in [-0.1, -0.05) is 0 Å². The van der Waals surface area contributed by atoms with E-state index in [0.717, 1.165) is 18.7 Å². The molecule has 2 aliphatic heterocycles. The van der Waals surface area contributed by atoms with Gasteiger partial charge in [0, 0.05) is 17.9 Å². The van der Waals surface area contributed by atoms with Crippen molar-refractivity contribution in [1.29, 1.82) is 0 Å². The van der Waals surface area contributed by atoms with Gasteiger partial charge in [0.05, 0.1) is 6.54 Å². The molecule has 2 atom stereocenters. The summed E-state index contributed by atoms with van der Waals surface area (Å²) in [5, 5.41) is 0. The monoisotopic (exact) mass is 278 g/mol. The first kappa shape index (κ1) is 12.7. The zero-order chi connectivity index (χ0) is 13.4. The van der Waals surface area contributed by atoms with E-state index in [1.807, 2.05) is 13.0 Å². The number of hydrogen-bond acceptors (Lipinski definition) is 3. The molecule has 0 N–H and O–H groups in total. The predicted molar refractivity (Wildman–Crippen MR) is 79.7 cm³/mol. The Bertz CT molecular complexity index is 506. The normalized spacial score (nSPS) is 23.1. The zero-order valence-electron chi connectivity index (χ0n) is 11.1. The Hall–Kier alpha value is -1.28. The third kappa shape index (κ3) is 2.42. The largest absolute Gasteiger partial charge is 0.444 e. The fraction of sp³-hybridized carbons (Fsp3) is 0.500. The Labute approximate surface area is 116 Å². The number of ether oxygens (including phenoxy) is 1. The standard InChI is InChI=1S/C14H19N2O2P/c1-10-9-15(14(17)18-10)12-5-6-13-11(8-12)4-2-3-7-16(13)19/h5-6,8,10H,2-4,7,9,19H2,1H3. The van der Waals surface area contributed by atoms with E-state index in [2.05, 4.69) is 26.2 Å². The second-order valence-corrected chi connectivity index (χ2v) is 5.89. The van der Waals surface area contributed by atoms with E-state index < -0.39 is 0 Å². The molecule has 5 heteroatoms. The van der Waals surface area contributed by atoms with Gasteiger partial charge in [-0.25, -0.2) is 4.79 Å². The summed E-state index contributed by atoms with van der Waals surface area (Å²) >= 11 is 0. The quantitative estimate of drug-likeness (QED) is 0.740. The van der Waals surface area contributed by atoms with Crippen LogP contribution in [0.2, 0.25) is 0 Å². The molecule has 1 saturated heterocycles. The molecule has 1 aromatic carbocycles. The number of benzene rings is 1. The maximum Gasteiger partial charge on any atom is 0.414 e. The molecule has 0 aromatic heterocycles. The van der Waals surface area contributed by atoms with Crippen LogP contribution < -0.4 is 9.57 Å². The van der Waals surface area contributed by atoms with Crippen molar-refractivity contribution in [3.05, 3.63) is 23.8 Å². The summed E-state index contributed by atoms with van der Waals surface area (Å²) in [6, 6.07) is 6.26. The van der Waals surface area contributed by atoms with Gasteiger partial charge in [0.1, 0.15) is 6.10 Å². The van der Waals surface area contributed by atoms with Gasteiger partial charge in [0.2, 0.25) is 0 Å². The molecule has 102 valence electrons. The van der Waals surface area contributed by atoms with Crippen LogP contribution in [0.5, 0.6) is 0 Å². The molecule has 0 aliphatic carbocycles. The molecular weight excluding hydrogens is 259 g/mol. The minimum absolute atomic E-state index is 0.0236. The van der Waals surface area contributed by atoms with Crippen LogP contribution in [-0.2, 0) is 11.2 Å². The molecule has 2 aliphatic rings. The van der Waals surface area contributed by atoms with Crippen LogP contribution >= 0.6 is 9.39 Å². The molecule has 1 amide bonds. The van der Waals surface area contributed by atoms with Crippen LogP contribution in [0.4, 0.5) is 16.2 Å². The van der Waals surface area contributed by atoms with Gasteiger partial charge in [-0.05, 0) is 59.3 Å². The number of hydrogen-bond donors (Lipinski definition) is 0. The molecular formula is C14H19N2O2P. The van der Waals surface area contributed by atoms with Crippen molar-refractivity contribution in [2.45, 2.75) is 32.3 Å². The Morgan fingerprint density at radius 1 is 1.37 bits per heavy atom. The maximum absolute atomic E-state index is 11.8. The number of carbonyl (C=O) groups is 1. The molecule has 0 bridgehead atoms. The molecule has 4 nitrogen and oxygen atoms in total. The zero-order valence-corrected chi connectivity index (χ0v) is 12.3. The van der Waals surface area contributed by atoms with Crippen LogP contribution in [0.15, 0.2) is 18.2 Å². The predicted octanol–water partition coefficient (Wildman–Crippen LogP) is 2.96. The maximum atomic E-state index is 11.8. The van der Waals surface area contributed by atoms with Crippen molar-refractivity contribution in [2.75, 3.05) is 22.7 Å². The van der Waals surface area contributed by atoms with Gasteiger partial charge in [-0.3, -0.25) is 4.90 Å². The summed E-state index contributed by atoms with van der Waals surface area (Å²) in [6.45, 7) is 3.63. The first-order valence-electron chi connectivity index (χ1n) is 6.78. The molecule has 1 fully saturated rings. The van der Waals surface area contributed by atoms with E-state index in [1.54, 1.807) is 4.90 Å². The van der Waals surface area contributed by atoms with Gasteiger partial charge in [0.25, 0.3) is 0 Å². The summed E-state index contributed by atoms with van der Waals surface area (Å²) in [4.78, 5) is 13.5. The summed E-state index contributed by atoms with van der Waals surface area (Å²) in [5.41, 5.74) is 3.53. The summed E-state index contributed by atoms with van der Waals surface area (Å²) in [6.07, 6.45) is 3.22. The van der Waals surface area contributed by atoms with Crippen molar-refractivity contribution in [2.24, 2.45) is 0 Å². The molecule has 2 unspecified atom stereocenters. The smallest absolute Gasteiger partial charge is 0.414 e. The topological polar surface area (TPSA) is 32.8 Å². The molecule has 0 radical (unpaired) electrons. The highest BCUT2D eigenvalue weighted by atomic mass is 31.0. The van der Waals surface area contributed by atoms with Gasteiger partial charge in [0.15, 0.2) is 0 Å². The third-order valence-electron chi connectivity index (χ3n) is 3.74. The molecule has 0 saturated carbocycles. The number of amides is 1. The molecule has 0 spiro atoms. The highest BCUT2D eigenvalue weighted by Crippen LogP contribution is 2.33. The first-order chi connectivity index (χ1) is 9.15. The average Bonchev–Trinajstić information content (AvgIpc) is 2.62. The SMILES string of the molecule is CC1CN(c2ccc3c(c2)CCCCN3P)C(=O)O1. The lowest BCUT2D eigenvalue weighted by Crippen LogP contribution is -2.24. The van der Waals surface area contributed by atoms with Crippen LogP contribution in [-0.4, -0.2) is 25.3 Å². The van der Waals surface area contributed by atoms with Crippen LogP contribution in [0.25, 0.3) is 0 Å². The fourth-order valence-corrected chi connectivity index (χ4v) is 3.19. The number of rotatable bonds is 1. The van der Waals surface area contributed by atoms with E-state index in [0.29, 0.717) is 6.54 Å². The van der Waals surface area contributed by atoms with E-state index >= 15 is 0 Å². The Morgan fingerprint density at radius 2 is 2.21 bits per heavy atom. The minimum Gasteiger partial charge on any atom is -0.444 e. The second kappa shape index (κ2) is 5.01. The number of nitrogens with zero attached hydrogens (tertiary/aromatic N) is 2.